The van der Waals surface area contributed by atoms with Crippen LogP contribution in [0.1, 0.15) is 49.2 Å². The maximum absolute atomic E-state index is 12.2. The number of anilines is 1. The summed E-state index contributed by atoms with van der Waals surface area (Å²) < 4.78 is 7.50. The van der Waals surface area contributed by atoms with E-state index in [1.54, 1.807) is 6.20 Å². The number of amides is 1. The van der Waals surface area contributed by atoms with Gasteiger partial charge in [0.25, 0.3) is 0 Å². The van der Waals surface area contributed by atoms with Gasteiger partial charge < -0.3 is 10.1 Å². The average molecular weight is 544 g/mol. The molecule has 170 valence electrons. The Morgan fingerprint density at radius 1 is 1.09 bits per heavy atom. The van der Waals surface area contributed by atoms with Crippen LogP contribution in [-0.2, 0) is 4.79 Å². The molecule has 1 atom stereocenters. The highest BCUT2D eigenvalue weighted by Gasteiger charge is 2.20. The Morgan fingerprint density at radius 2 is 1.85 bits per heavy atom. The second-order valence-electron chi connectivity index (χ2n) is 7.78. The molecular weight excluding hydrogens is 520 g/mol. The molecule has 0 bridgehead atoms. The third-order valence-electron chi connectivity index (χ3n) is 5.24. The number of unbranched alkanes of at least 4 members (excludes halogenated alkanes) is 2. The lowest BCUT2D eigenvalue weighted by Crippen LogP contribution is -2.10. The van der Waals surface area contributed by atoms with Crippen molar-refractivity contribution >= 4 is 60.7 Å². The number of nitrogens with zero attached hydrogens (tertiary/aromatic N) is 1. The molecule has 0 radical (unpaired) electrons. The molecule has 0 fully saturated rings. The second-order valence-corrected chi connectivity index (χ2v) is 10.2. The fourth-order valence-electron chi connectivity index (χ4n) is 3.51. The summed E-state index contributed by atoms with van der Waals surface area (Å²) >= 11 is 11.1. The highest BCUT2D eigenvalue weighted by molar-refractivity contribution is 9.10. The van der Waals surface area contributed by atoms with E-state index in [-0.39, 0.29) is 12.0 Å². The SMILES string of the molecule is CCCCCC(=O)Nc1ncc(C(Oc2ccc3cc(Br)ccc3c2)c2ccc(Cl)cc2)s1. The van der Waals surface area contributed by atoms with Crippen molar-refractivity contribution in [1.82, 2.24) is 4.98 Å². The van der Waals surface area contributed by atoms with Gasteiger partial charge in [0, 0.05) is 22.1 Å². The number of aromatic nitrogens is 1. The van der Waals surface area contributed by atoms with Crippen molar-refractivity contribution < 1.29 is 9.53 Å². The lowest BCUT2D eigenvalue weighted by molar-refractivity contribution is -0.116. The standard InChI is InChI=1S/C26H24BrClN2O2S/c1-2-3-4-5-24(31)30-26-29-16-23(33-26)25(17-7-11-21(28)12-8-17)32-22-13-9-18-14-20(27)10-6-19(18)15-22/h6-16,25H,2-5H2,1H3,(H,29,30,31). The zero-order valence-corrected chi connectivity index (χ0v) is 21.3. The van der Waals surface area contributed by atoms with E-state index in [0.717, 1.165) is 50.7 Å². The summed E-state index contributed by atoms with van der Waals surface area (Å²) in [5.41, 5.74) is 0.958. The van der Waals surface area contributed by atoms with Gasteiger partial charge in [0.15, 0.2) is 11.2 Å². The summed E-state index contributed by atoms with van der Waals surface area (Å²) in [4.78, 5) is 17.5. The Labute approximate surface area is 211 Å². The Balaban J connectivity index is 1.58. The number of carbonyl (C=O) groups excluding carboxylic acids is 1. The number of hydrogen-bond acceptors (Lipinski definition) is 4. The fourth-order valence-corrected chi connectivity index (χ4v) is 4.91. The first-order chi connectivity index (χ1) is 16.0. The van der Waals surface area contributed by atoms with Gasteiger partial charge in [-0.05, 0) is 59.2 Å². The monoisotopic (exact) mass is 542 g/mol. The Bertz CT molecular complexity index is 1240. The van der Waals surface area contributed by atoms with Crippen LogP contribution in [0.25, 0.3) is 10.8 Å². The zero-order valence-electron chi connectivity index (χ0n) is 18.2. The summed E-state index contributed by atoms with van der Waals surface area (Å²) in [6.07, 6.45) is 4.91. The minimum absolute atomic E-state index is 0.00555. The third kappa shape index (κ3) is 6.34. The number of nitrogens with one attached hydrogen (secondary N) is 1. The van der Waals surface area contributed by atoms with E-state index >= 15 is 0 Å². The molecule has 1 N–H and O–H groups in total. The van der Waals surface area contributed by atoms with Crippen LogP contribution in [0.4, 0.5) is 5.13 Å². The molecule has 7 heteroatoms. The van der Waals surface area contributed by atoms with Crippen molar-refractivity contribution in [3.63, 3.8) is 0 Å². The highest BCUT2D eigenvalue weighted by Crippen LogP contribution is 2.35. The van der Waals surface area contributed by atoms with Gasteiger partial charge >= 0.3 is 0 Å². The van der Waals surface area contributed by atoms with Crippen molar-refractivity contribution in [2.45, 2.75) is 38.7 Å². The first-order valence-electron chi connectivity index (χ1n) is 10.9. The summed E-state index contributed by atoms with van der Waals surface area (Å²) in [5, 5.41) is 6.39. The van der Waals surface area contributed by atoms with Crippen LogP contribution in [0.2, 0.25) is 5.02 Å². The van der Waals surface area contributed by atoms with Crippen LogP contribution in [0, 0.1) is 0 Å². The van der Waals surface area contributed by atoms with E-state index in [4.69, 9.17) is 16.3 Å². The fraction of sp³-hybridized carbons (Fsp3) is 0.231. The Hall–Kier alpha value is -2.41. The highest BCUT2D eigenvalue weighted by atomic mass is 79.9. The molecule has 4 aromatic rings. The quantitative estimate of drug-likeness (QED) is 0.216. The van der Waals surface area contributed by atoms with Gasteiger partial charge in [0.1, 0.15) is 5.75 Å². The van der Waals surface area contributed by atoms with E-state index in [9.17, 15) is 4.79 Å². The lowest BCUT2D eigenvalue weighted by atomic mass is 10.1. The van der Waals surface area contributed by atoms with Crippen LogP contribution in [0.3, 0.4) is 0 Å². The smallest absolute Gasteiger partial charge is 0.226 e. The molecule has 0 saturated heterocycles. The van der Waals surface area contributed by atoms with Gasteiger partial charge in [-0.2, -0.15) is 0 Å². The molecule has 3 aromatic carbocycles. The number of rotatable bonds is 9. The van der Waals surface area contributed by atoms with Gasteiger partial charge in [0.2, 0.25) is 5.91 Å². The summed E-state index contributed by atoms with van der Waals surface area (Å²) in [5.74, 6) is 0.748. The maximum Gasteiger partial charge on any atom is 0.226 e. The first kappa shape index (κ1) is 23.7. The van der Waals surface area contributed by atoms with Crippen LogP contribution in [0.15, 0.2) is 71.3 Å². The summed E-state index contributed by atoms with van der Waals surface area (Å²) in [6, 6.07) is 19.8. The molecular formula is C26H24BrClN2O2S. The molecule has 4 nitrogen and oxygen atoms in total. The van der Waals surface area contributed by atoms with Crippen LogP contribution >= 0.6 is 38.9 Å². The van der Waals surface area contributed by atoms with E-state index in [1.165, 1.54) is 11.3 Å². The molecule has 0 aliphatic carbocycles. The molecule has 0 saturated carbocycles. The molecule has 0 aliphatic heterocycles. The van der Waals surface area contributed by atoms with E-state index < -0.39 is 0 Å². The summed E-state index contributed by atoms with van der Waals surface area (Å²) in [7, 11) is 0. The van der Waals surface area contributed by atoms with Crippen molar-refractivity contribution in [3.05, 3.63) is 86.8 Å². The van der Waals surface area contributed by atoms with Crippen LogP contribution < -0.4 is 10.1 Å². The van der Waals surface area contributed by atoms with Gasteiger partial charge in [0.05, 0.1) is 4.88 Å². The minimum atomic E-state index is -0.376. The number of thiazole rings is 1. The molecule has 33 heavy (non-hydrogen) atoms. The first-order valence-corrected chi connectivity index (χ1v) is 12.9. The van der Waals surface area contributed by atoms with Gasteiger partial charge in [-0.25, -0.2) is 4.98 Å². The molecule has 4 rings (SSSR count). The van der Waals surface area contributed by atoms with Crippen molar-refractivity contribution in [2.75, 3.05) is 5.32 Å². The lowest BCUT2D eigenvalue weighted by Gasteiger charge is -2.19. The van der Waals surface area contributed by atoms with Crippen LogP contribution in [-0.4, -0.2) is 10.9 Å². The number of ether oxygens (including phenoxy) is 1. The number of halogens is 2. The predicted octanol–water partition coefficient (Wildman–Crippen LogP) is 8.40. The maximum atomic E-state index is 12.2. The van der Waals surface area contributed by atoms with Crippen molar-refractivity contribution in [2.24, 2.45) is 0 Å². The van der Waals surface area contributed by atoms with Crippen LogP contribution in [0.5, 0.6) is 5.75 Å². The van der Waals surface area contributed by atoms with E-state index in [2.05, 4.69) is 45.3 Å². The molecule has 1 aromatic heterocycles. The largest absolute Gasteiger partial charge is 0.480 e. The van der Waals surface area contributed by atoms with Crippen molar-refractivity contribution in [3.8, 4) is 5.75 Å². The van der Waals surface area contributed by atoms with Gasteiger partial charge in [-0.1, -0.05) is 82.9 Å². The normalized spacial score (nSPS) is 12.0. The predicted molar refractivity (Wildman–Crippen MR) is 140 cm³/mol. The minimum Gasteiger partial charge on any atom is -0.480 e. The van der Waals surface area contributed by atoms with E-state index in [1.807, 2.05) is 48.5 Å². The molecule has 1 unspecified atom stereocenters. The van der Waals surface area contributed by atoms with Crippen molar-refractivity contribution in [1.29, 1.82) is 0 Å². The number of benzene rings is 3. The average Bonchev–Trinajstić information content (AvgIpc) is 3.26. The van der Waals surface area contributed by atoms with Gasteiger partial charge in [-0.3, -0.25) is 4.79 Å². The summed E-state index contributed by atoms with van der Waals surface area (Å²) in [6.45, 7) is 2.12. The topological polar surface area (TPSA) is 51.2 Å². The Kier molecular flexibility index (Phi) is 8.02. The second kappa shape index (κ2) is 11.1. The molecule has 1 amide bonds. The zero-order chi connectivity index (χ0) is 23.2. The van der Waals surface area contributed by atoms with E-state index in [0.29, 0.717) is 16.6 Å². The van der Waals surface area contributed by atoms with Gasteiger partial charge in [-0.15, -0.1) is 0 Å². The Morgan fingerprint density at radius 3 is 2.64 bits per heavy atom. The molecule has 0 aliphatic rings. The molecule has 1 heterocycles. The third-order valence-corrected chi connectivity index (χ3v) is 6.94. The molecule has 0 spiro atoms. The number of fused-ring (bicyclic) bond motifs is 1. The number of hydrogen-bond donors (Lipinski definition) is 1. The number of carbonyl (C=O) groups is 1.